The minimum atomic E-state index is -3.10. The maximum atomic E-state index is 12.4. The van der Waals surface area contributed by atoms with Crippen LogP contribution < -0.4 is 5.32 Å². The number of nitro benzene ring substituents is 1. The number of carbonyl (C=O) groups is 3. The normalized spacial score (nSPS) is 19.9. The van der Waals surface area contributed by atoms with Crippen molar-refractivity contribution >= 4 is 33.4 Å². The Morgan fingerprint density at radius 1 is 1.31 bits per heavy atom. The molecule has 29 heavy (non-hydrogen) atoms. The zero-order valence-corrected chi connectivity index (χ0v) is 16.5. The van der Waals surface area contributed by atoms with Crippen molar-refractivity contribution in [2.75, 3.05) is 31.6 Å². The maximum absolute atomic E-state index is 12.4. The van der Waals surface area contributed by atoms with E-state index < -0.39 is 32.6 Å². The van der Waals surface area contributed by atoms with Crippen LogP contribution in [-0.4, -0.2) is 78.7 Å². The lowest BCUT2D eigenvalue weighted by atomic mass is 10.1. The standard InChI is InChI=1S/C17H20N4O7S/c1-19(12-5-8-29(27,28)10-12)17(24)18-6-2-7-20-15(22)13-4-3-11(21(25)26)9-14(13)16(20)23/h3-4,9,12H,2,5-8,10H2,1H3,(H,18,24). The quantitative estimate of drug-likeness (QED) is 0.301. The summed E-state index contributed by atoms with van der Waals surface area (Å²) >= 11 is 0. The highest BCUT2D eigenvalue weighted by Gasteiger charge is 2.36. The molecule has 156 valence electrons. The fraction of sp³-hybridized carbons (Fsp3) is 0.471. The number of nitrogens with zero attached hydrogens (tertiary/aromatic N) is 3. The molecule has 0 aliphatic carbocycles. The van der Waals surface area contributed by atoms with Gasteiger partial charge in [0.25, 0.3) is 17.5 Å². The third kappa shape index (κ3) is 4.21. The zero-order valence-electron chi connectivity index (χ0n) is 15.7. The molecule has 3 rings (SSSR count). The number of benzene rings is 1. The minimum absolute atomic E-state index is 0.00425. The Morgan fingerprint density at radius 2 is 2.00 bits per heavy atom. The van der Waals surface area contributed by atoms with Gasteiger partial charge in [-0.2, -0.15) is 0 Å². The van der Waals surface area contributed by atoms with E-state index in [0.717, 1.165) is 11.0 Å². The molecule has 4 amide bonds. The molecule has 1 aromatic carbocycles. The van der Waals surface area contributed by atoms with Crippen molar-refractivity contribution in [3.05, 3.63) is 39.4 Å². The first-order chi connectivity index (χ1) is 13.6. The number of fused-ring (bicyclic) bond motifs is 1. The van der Waals surface area contributed by atoms with Crippen molar-refractivity contribution in [1.29, 1.82) is 0 Å². The van der Waals surface area contributed by atoms with Crippen molar-refractivity contribution in [2.45, 2.75) is 18.9 Å². The lowest BCUT2D eigenvalue weighted by Gasteiger charge is -2.24. The predicted molar refractivity (Wildman–Crippen MR) is 101 cm³/mol. The zero-order chi connectivity index (χ0) is 21.3. The van der Waals surface area contributed by atoms with Crippen LogP contribution in [0.4, 0.5) is 10.5 Å². The average molecular weight is 424 g/mol. The summed E-state index contributed by atoms with van der Waals surface area (Å²) in [6.07, 6.45) is 0.684. The van der Waals surface area contributed by atoms with E-state index >= 15 is 0 Å². The second-order valence-corrected chi connectivity index (χ2v) is 9.23. The molecule has 0 radical (unpaired) electrons. The van der Waals surface area contributed by atoms with Crippen LogP contribution in [0.5, 0.6) is 0 Å². The van der Waals surface area contributed by atoms with E-state index in [1.165, 1.54) is 24.1 Å². The van der Waals surface area contributed by atoms with Crippen LogP contribution in [0.25, 0.3) is 0 Å². The number of sulfone groups is 1. The summed E-state index contributed by atoms with van der Waals surface area (Å²) in [6, 6.07) is 2.73. The second kappa shape index (κ2) is 7.78. The van der Waals surface area contributed by atoms with Crippen LogP contribution in [0.15, 0.2) is 18.2 Å². The fourth-order valence-electron chi connectivity index (χ4n) is 3.40. The first-order valence-corrected chi connectivity index (χ1v) is 10.8. The minimum Gasteiger partial charge on any atom is -0.338 e. The number of hydrogen-bond acceptors (Lipinski definition) is 7. The van der Waals surface area contributed by atoms with Gasteiger partial charge < -0.3 is 10.2 Å². The molecule has 0 bridgehead atoms. The number of urea groups is 1. The summed E-state index contributed by atoms with van der Waals surface area (Å²) in [6.45, 7) is 0.220. The lowest BCUT2D eigenvalue weighted by molar-refractivity contribution is -0.384. The first kappa shape index (κ1) is 20.7. The Balaban J connectivity index is 1.51. The van der Waals surface area contributed by atoms with Gasteiger partial charge in [0.15, 0.2) is 9.84 Å². The third-order valence-electron chi connectivity index (χ3n) is 5.08. The van der Waals surface area contributed by atoms with Gasteiger partial charge in [-0.3, -0.25) is 24.6 Å². The highest BCUT2D eigenvalue weighted by atomic mass is 32.2. The molecule has 1 N–H and O–H groups in total. The van der Waals surface area contributed by atoms with E-state index in [2.05, 4.69) is 5.32 Å². The molecular weight excluding hydrogens is 404 g/mol. The van der Waals surface area contributed by atoms with Crippen molar-refractivity contribution < 1.29 is 27.7 Å². The van der Waals surface area contributed by atoms with Gasteiger partial charge in [-0.25, -0.2) is 13.2 Å². The Hall–Kier alpha value is -3.02. The number of amides is 4. The van der Waals surface area contributed by atoms with Crippen molar-refractivity contribution in [1.82, 2.24) is 15.1 Å². The van der Waals surface area contributed by atoms with Crippen molar-refractivity contribution in [3.63, 3.8) is 0 Å². The topological polar surface area (TPSA) is 147 Å². The van der Waals surface area contributed by atoms with Crippen LogP contribution in [0, 0.1) is 10.1 Å². The van der Waals surface area contributed by atoms with E-state index in [0.29, 0.717) is 6.42 Å². The SMILES string of the molecule is CN(C(=O)NCCCN1C(=O)c2ccc([N+](=O)[O-])cc2C1=O)C1CCS(=O)(=O)C1. The highest BCUT2D eigenvalue weighted by molar-refractivity contribution is 7.91. The number of nitro groups is 1. The van der Waals surface area contributed by atoms with Gasteiger partial charge in [0.1, 0.15) is 0 Å². The van der Waals surface area contributed by atoms with Crippen molar-refractivity contribution in [3.8, 4) is 0 Å². The Kier molecular flexibility index (Phi) is 5.55. The smallest absolute Gasteiger partial charge is 0.317 e. The molecule has 1 aromatic rings. The Morgan fingerprint density at radius 3 is 2.62 bits per heavy atom. The Bertz CT molecular complexity index is 991. The van der Waals surface area contributed by atoms with Crippen LogP contribution >= 0.6 is 0 Å². The monoisotopic (exact) mass is 424 g/mol. The summed E-state index contributed by atoms with van der Waals surface area (Å²) < 4.78 is 23.0. The summed E-state index contributed by atoms with van der Waals surface area (Å²) in [7, 11) is -1.58. The Labute approximate surface area is 166 Å². The van der Waals surface area contributed by atoms with E-state index in [9.17, 15) is 32.9 Å². The summed E-state index contributed by atoms with van der Waals surface area (Å²) in [5, 5.41) is 13.5. The molecule has 0 aromatic heterocycles. The third-order valence-corrected chi connectivity index (χ3v) is 6.83. The molecule has 2 aliphatic heterocycles. The predicted octanol–water partition coefficient (Wildman–Crippen LogP) is 0.409. The average Bonchev–Trinajstić information content (AvgIpc) is 3.15. The van der Waals surface area contributed by atoms with Crippen molar-refractivity contribution in [2.24, 2.45) is 0 Å². The largest absolute Gasteiger partial charge is 0.338 e. The maximum Gasteiger partial charge on any atom is 0.317 e. The van der Waals surface area contributed by atoms with E-state index in [1.54, 1.807) is 0 Å². The fourth-order valence-corrected chi connectivity index (χ4v) is 5.17. The number of rotatable bonds is 6. The summed E-state index contributed by atoms with van der Waals surface area (Å²) in [4.78, 5) is 49.4. The van der Waals surface area contributed by atoms with Gasteiger partial charge >= 0.3 is 6.03 Å². The molecule has 11 nitrogen and oxygen atoms in total. The molecule has 0 spiro atoms. The molecule has 1 saturated heterocycles. The van der Waals surface area contributed by atoms with Gasteiger partial charge in [-0.05, 0) is 18.9 Å². The second-order valence-electron chi connectivity index (χ2n) is 7.00. The molecule has 0 saturated carbocycles. The van der Waals surface area contributed by atoms with Crippen LogP contribution in [0.2, 0.25) is 0 Å². The van der Waals surface area contributed by atoms with Gasteiger partial charge in [-0.15, -0.1) is 0 Å². The number of non-ortho nitro benzene ring substituents is 1. The lowest BCUT2D eigenvalue weighted by Crippen LogP contribution is -2.45. The molecule has 12 heteroatoms. The van der Waals surface area contributed by atoms with Gasteiger partial charge in [0, 0.05) is 38.3 Å². The molecule has 1 unspecified atom stereocenters. The summed E-state index contributed by atoms with van der Waals surface area (Å²) in [5.41, 5.74) is -0.154. The number of imide groups is 1. The van der Waals surface area contributed by atoms with Crippen LogP contribution in [0.3, 0.4) is 0 Å². The summed E-state index contributed by atoms with van der Waals surface area (Å²) in [5.74, 6) is -1.13. The van der Waals surface area contributed by atoms with Crippen LogP contribution in [0.1, 0.15) is 33.6 Å². The molecule has 1 atom stereocenters. The molecule has 2 heterocycles. The van der Waals surface area contributed by atoms with Gasteiger partial charge in [-0.1, -0.05) is 0 Å². The molecular formula is C17H20N4O7S. The van der Waals surface area contributed by atoms with E-state index in [1.807, 2.05) is 0 Å². The first-order valence-electron chi connectivity index (χ1n) is 8.96. The van der Waals surface area contributed by atoms with E-state index in [-0.39, 0.29) is 53.9 Å². The van der Waals surface area contributed by atoms with E-state index in [4.69, 9.17) is 0 Å². The molecule has 1 fully saturated rings. The number of nitrogens with one attached hydrogen (secondary N) is 1. The number of hydrogen-bond donors (Lipinski definition) is 1. The highest BCUT2D eigenvalue weighted by Crippen LogP contribution is 2.26. The van der Waals surface area contributed by atoms with Crippen LogP contribution in [-0.2, 0) is 9.84 Å². The number of carbonyl (C=O) groups excluding carboxylic acids is 3. The van der Waals surface area contributed by atoms with Gasteiger partial charge in [0.2, 0.25) is 0 Å². The molecule has 2 aliphatic rings. The van der Waals surface area contributed by atoms with Gasteiger partial charge in [0.05, 0.1) is 27.6 Å².